The first-order valence-electron chi connectivity index (χ1n) is 6.44. The summed E-state index contributed by atoms with van der Waals surface area (Å²) in [6, 6.07) is 8.80. The molecule has 1 fully saturated rings. The van der Waals surface area contributed by atoms with Crippen LogP contribution in [0.3, 0.4) is 0 Å². The minimum absolute atomic E-state index is 0. The Morgan fingerprint density at radius 3 is 2.53 bits per heavy atom. The van der Waals surface area contributed by atoms with Crippen molar-refractivity contribution >= 4 is 22.4 Å². The zero-order valence-electron chi connectivity index (χ0n) is 11.1. The highest BCUT2D eigenvalue weighted by Gasteiger charge is 2.32. The Labute approximate surface area is 121 Å². The Morgan fingerprint density at radius 2 is 2.00 bits per heavy atom. The molecule has 0 radical (unpaired) electrons. The Kier molecular flexibility index (Phi) is 6.26. The van der Waals surface area contributed by atoms with Crippen LogP contribution in [-0.2, 0) is 10.0 Å². The number of hydrogen-bond donors (Lipinski definition) is 1. The van der Waals surface area contributed by atoms with Crippen LogP contribution in [0.15, 0.2) is 35.2 Å². The van der Waals surface area contributed by atoms with Gasteiger partial charge in [0, 0.05) is 19.1 Å². The van der Waals surface area contributed by atoms with E-state index >= 15 is 0 Å². The first-order valence-corrected chi connectivity index (χ1v) is 7.88. The second kappa shape index (κ2) is 7.24. The highest BCUT2D eigenvalue weighted by Crippen LogP contribution is 2.21. The number of benzene rings is 1. The molecule has 1 heterocycles. The number of nitrogens with one attached hydrogen (secondary N) is 1. The first kappa shape index (κ1) is 16.4. The van der Waals surface area contributed by atoms with Crippen LogP contribution in [0.1, 0.15) is 19.8 Å². The molecule has 4 nitrogen and oxygen atoms in total. The number of hydrogen-bond acceptors (Lipinski definition) is 3. The summed E-state index contributed by atoms with van der Waals surface area (Å²) >= 11 is 0. The van der Waals surface area contributed by atoms with E-state index in [0.29, 0.717) is 11.4 Å². The summed E-state index contributed by atoms with van der Waals surface area (Å²) < 4.78 is 26.9. The Hall–Kier alpha value is -0.620. The minimum Gasteiger partial charge on any atom is -0.315 e. The van der Waals surface area contributed by atoms with E-state index in [1.165, 1.54) is 0 Å². The van der Waals surface area contributed by atoms with Gasteiger partial charge in [0.25, 0.3) is 0 Å². The van der Waals surface area contributed by atoms with Crippen molar-refractivity contribution in [3.8, 4) is 0 Å². The quantitative estimate of drug-likeness (QED) is 0.903. The van der Waals surface area contributed by atoms with E-state index < -0.39 is 10.0 Å². The molecule has 1 aliphatic rings. The highest BCUT2D eigenvalue weighted by atomic mass is 35.5. The molecule has 1 aromatic rings. The smallest absolute Gasteiger partial charge is 0.243 e. The van der Waals surface area contributed by atoms with Gasteiger partial charge >= 0.3 is 0 Å². The summed E-state index contributed by atoms with van der Waals surface area (Å²) in [7, 11) is -3.35. The molecule has 0 saturated carbocycles. The second-order valence-corrected chi connectivity index (χ2v) is 6.47. The molecule has 1 N–H and O–H groups in total. The molecule has 0 spiro atoms. The molecule has 0 aromatic heterocycles. The third kappa shape index (κ3) is 3.69. The Balaban J connectivity index is 0.00000180. The van der Waals surface area contributed by atoms with Crippen LogP contribution in [0.25, 0.3) is 0 Å². The fourth-order valence-corrected chi connectivity index (χ4v) is 4.10. The molecule has 1 unspecified atom stereocenters. The monoisotopic (exact) mass is 304 g/mol. The molecule has 108 valence electrons. The third-order valence-electron chi connectivity index (χ3n) is 3.24. The topological polar surface area (TPSA) is 49.4 Å². The summed E-state index contributed by atoms with van der Waals surface area (Å²) in [5, 5.41) is 3.23. The lowest BCUT2D eigenvalue weighted by Crippen LogP contribution is -2.41. The Bertz CT molecular complexity index is 473. The first-order chi connectivity index (χ1) is 8.66. The fraction of sp³-hybridized carbons (Fsp3) is 0.538. The van der Waals surface area contributed by atoms with Gasteiger partial charge in [0.1, 0.15) is 0 Å². The van der Waals surface area contributed by atoms with E-state index in [9.17, 15) is 8.42 Å². The molecule has 0 bridgehead atoms. The van der Waals surface area contributed by atoms with Gasteiger partial charge in [0.05, 0.1) is 4.90 Å². The van der Waals surface area contributed by atoms with Gasteiger partial charge in [-0.15, -0.1) is 12.4 Å². The van der Waals surface area contributed by atoms with Gasteiger partial charge in [0.15, 0.2) is 0 Å². The van der Waals surface area contributed by atoms with Gasteiger partial charge in [-0.1, -0.05) is 25.1 Å². The van der Waals surface area contributed by atoms with Gasteiger partial charge in [-0.05, 0) is 31.5 Å². The van der Waals surface area contributed by atoms with Gasteiger partial charge in [-0.2, -0.15) is 4.31 Å². The molecular weight excluding hydrogens is 284 g/mol. The zero-order chi connectivity index (χ0) is 13.0. The van der Waals surface area contributed by atoms with Crippen molar-refractivity contribution in [3.05, 3.63) is 30.3 Å². The van der Waals surface area contributed by atoms with E-state index in [4.69, 9.17) is 0 Å². The average molecular weight is 305 g/mol. The van der Waals surface area contributed by atoms with Crippen LogP contribution >= 0.6 is 12.4 Å². The molecule has 1 aromatic carbocycles. The van der Waals surface area contributed by atoms with Crippen molar-refractivity contribution < 1.29 is 8.42 Å². The molecule has 1 aliphatic heterocycles. The summed E-state index contributed by atoms with van der Waals surface area (Å²) in [5.41, 5.74) is 0. The predicted molar refractivity (Wildman–Crippen MR) is 79.1 cm³/mol. The average Bonchev–Trinajstić information content (AvgIpc) is 2.90. The lowest BCUT2D eigenvalue weighted by Gasteiger charge is -2.27. The molecule has 6 heteroatoms. The molecule has 1 saturated heterocycles. The third-order valence-corrected chi connectivity index (χ3v) is 5.20. The summed E-state index contributed by atoms with van der Waals surface area (Å²) in [5.74, 6) is 0. The SMILES string of the molecule is CCCN(C1CCNC1)S(=O)(=O)c1ccccc1.Cl. The molecule has 19 heavy (non-hydrogen) atoms. The lowest BCUT2D eigenvalue weighted by atomic mass is 10.2. The lowest BCUT2D eigenvalue weighted by molar-refractivity contribution is 0.335. The van der Waals surface area contributed by atoms with Crippen LogP contribution < -0.4 is 5.32 Å². The number of rotatable bonds is 5. The molecule has 0 amide bonds. The standard InChI is InChI=1S/C13H20N2O2S.ClH/c1-2-10-15(12-8-9-14-11-12)18(16,17)13-6-4-3-5-7-13;/h3-7,12,14H,2,8-11H2,1H3;1H. The van der Waals surface area contributed by atoms with E-state index in [2.05, 4.69) is 5.32 Å². The van der Waals surface area contributed by atoms with Crippen LogP contribution in [-0.4, -0.2) is 38.4 Å². The van der Waals surface area contributed by atoms with Crippen molar-refractivity contribution in [2.45, 2.75) is 30.7 Å². The van der Waals surface area contributed by atoms with Crippen molar-refractivity contribution in [2.75, 3.05) is 19.6 Å². The molecule has 0 aliphatic carbocycles. The molecular formula is C13H21ClN2O2S. The van der Waals surface area contributed by atoms with E-state index in [-0.39, 0.29) is 18.4 Å². The maximum absolute atomic E-state index is 12.6. The fourth-order valence-electron chi connectivity index (χ4n) is 2.33. The largest absolute Gasteiger partial charge is 0.315 e. The van der Waals surface area contributed by atoms with Crippen molar-refractivity contribution in [3.63, 3.8) is 0 Å². The van der Waals surface area contributed by atoms with Crippen LogP contribution in [0, 0.1) is 0 Å². The van der Waals surface area contributed by atoms with Gasteiger partial charge in [0.2, 0.25) is 10.0 Å². The molecule has 1 atom stereocenters. The minimum atomic E-state index is -3.35. The highest BCUT2D eigenvalue weighted by molar-refractivity contribution is 7.89. The number of halogens is 1. The summed E-state index contributed by atoms with van der Waals surface area (Å²) in [6.45, 7) is 4.25. The maximum atomic E-state index is 12.6. The number of nitrogens with zero attached hydrogens (tertiary/aromatic N) is 1. The van der Waals surface area contributed by atoms with Gasteiger partial charge in [-0.25, -0.2) is 8.42 Å². The van der Waals surface area contributed by atoms with Crippen LogP contribution in [0.4, 0.5) is 0 Å². The van der Waals surface area contributed by atoms with E-state index in [1.54, 1.807) is 28.6 Å². The zero-order valence-corrected chi connectivity index (χ0v) is 12.7. The Morgan fingerprint density at radius 1 is 1.32 bits per heavy atom. The van der Waals surface area contributed by atoms with E-state index in [1.807, 2.05) is 13.0 Å². The van der Waals surface area contributed by atoms with Crippen LogP contribution in [0.2, 0.25) is 0 Å². The predicted octanol–water partition coefficient (Wildman–Crippen LogP) is 1.87. The normalized spacial score (nSPS) is 19.4. The maximum Gasteiger partial charge on any atom is 0.243 e. The van der Waals surface area contributed by atoms with Crippen LogP contribution in [0.5, 0.6) is 0 Å². The second-order valence-electron chi connectivity index (χ2n) is 4.58. The van der Waals surface area contributed by atoms with Crippen molar-refractivity contribution in [1.82, 2.24) is 9.62 Å². The van der Waals surface area contributed by atoms with Crippen molar-refractivity contribution in [2.24, 2.45) is 0 Å². The number of sulfonamides is 1. The summed E-state index contributed by atoms with van der Waals surface area (Å²) in [4.78, 5) is 0.394. The summed E-state index contributed by atoms with van der Waals surface area (Å²) in [6.07, 6.45) is 1.73. The van der Waals surface area contributed by atoms with Gasteiger partial charge in [-0.3, -0.25) is 0 Å². The van der Waals surface area contributed by atoms with E-state index in [0.717, 1.165) is 25.9 Å². The van der Waals surface area contributed by atoms with Gasteiger partial charge < -0.3 is 5.32 Å². The van der Waals surface area contributed by atoms with Crippen molar-refractivity contribution in [1.29, 1.82) is 0 Å². The molecule has 2 rings (SSSR count).